The van der Waals surface area contributed by atoms with Gasteiger partial charge in [-0.25, -0.2) is 8.78 Å². The van der Waals surface area contributed by atoms with E-state index >= 15 is 0 Å². The van der Waals surface area contributed by atoms with E-state index in [2.05, 4.69) is 23.7 Å². The molecule has 1 nitrogen and oxygen atoms in total. The van der Waals surface area contributed by atoms with Crippen LogP contribution in [0.4, 0.5) is 8.78 Å². The fourth-order valence-corrected chi connectivity index (χ4v) is 3.47. The van der Waals surface area contributed by atoms with Gasteiger partial charge < -0.3 is 0 Å². The minimum Gasteiger partial charge on any atom is -0.206 e. The molecule has 0 aromatic heterocycles. The number of rotatable bonds is 2. The maximum absolute atomic E-state index is 14.0. The van der Waals surface area contributed by atoms with Crippen LogP contribution in [0.1, 0.15) is 46.6 Å². The Kier molecular flexibility index (Phi) is 5.85. The van der Waals surface area contributed by atoms with E-state index in [9.17, 15) is 8.78 Å². The average Bonchev–Trinajstić information content (AvgIpc) is 3.60. The van der Waals surface area contributed by atoms with Crippen LogP contribution in [0.15, 0.2) is 65.6 Å². The minimum absolute atomic E-state index is 0.230. The normalized spacial score (nSPS) is 12.2. The van der Waals surface area contributed by atoms with E-state index in [1.165, 1.54) is 5.56 Å². The van der Waals surface area contributed by atoms with Crippen molar-refractivity contribution >= 4 is 11.8 Å². The Hall–Kier alpha value is -3.52. The van der Waals surface area contributed by atoms with Gasteiger partial charge in [0.05, 0.1) is 4.90 Å². The molecule has 1 aliphatic carbocycles. The average molecular weight is 411 g/mol. The second kappa shape index (κ2) is 8.87. The lowest BCUT2D eigenvalue weighted by Crippen LogP contribution is -1.91. The largest absolute Gasteiger partial charge is 0.206 e. The van der Waals surface area contributed by atoms with E-state index in [0.717, 1.165) is 41.7 Å². The number of benzene rings is 3. The van der Waals surface area contributed by atoms with Crippen molar-refractivity contribution < 1.29 is 8.78 Å². The Morgan fingerprint density at radius 2 is 1.43 bits per heavy atom. The molecule has 4 heteroatoms. The van der Waals surface area contributed by atoms with Crippen molar-refractivity contribution in [3.05, 3.63) is 100 Å². The van der Waals surface area contributed by atoms with Gasteiger partial charge >= 0.3 is 0 Å². The molecule has 3 aromatic rings. The van der Waals surface area contributed by atoms with Gasteiger partial charge in [-0.15, -0.1) is 0 Å². The van der Waals surface area contributed by atoms with Crippen molar-refractivity contribution in [2.24, 2.45) is 0 Å². The summed E-state index contributed by atoms with van der Waals surface area (Å²) < 4.78 is 28.0. The zero-order valence-corrected chi connectivity index (χ0v) is 16.7. The molecule has 3 aromatic carbocycles. The van der Waals surface area contributed by atoms with Crippen LogP contribution < -0.4 is 0 Å². The summed E-state index contributed by atoms with van der Waals surface area (Å²) >= 11 is 0.463. The van der Waals surface area contributed by atoms with E-state index in [-0.39, 0.29) is 10.5 Å². The number of thioether (sulfide) groups is 1. The molecule has 0 amide bonds. The summed E-state index contributed by atoms with van der Waals surface area (Å²) in [6, 6.07) is 18.0. The Labute approximate surface area is 178 Å². The summed E-state index contributed by atoms with van der Waals surface area (Å²) in [5, 5.41) is 10.3. The van der Waals surface area contributed by atoms with Crippen LogP contribution >= 0.6 is 11.8 Å². The van der Waals surface area contributed by atoms with Crippen LogP contribution in [0.5, 0.6) is 0 Å². The van der Waals surface area contributed by atoms with Crippen molar-refractivity contribution in [3.63, 3.8) is 0 Å². The fourth-order valence-electron chi connectivity index (χ4n) is 3.07. The maximum atomic E-state index is 14.0. The third-order valence-electron chi connectivity index (χ3n) is 4.68. The summed E-state index contributed by atoms with van der Waals surface area (Å²) in [6.45, 7) is 0. The number of hydrogen-bond donors (Lipinski definition) is 0. The first-order valence-electron chi connectivity index (χ1n) is 9.42. The van der Waals surface area contributed by atoms with Crippen molar-refractivity contribution in [1.29, 1.82) is 5.26 Å². The van der Waals surface area contributed by atoms with Crippen LogP contribution in [0.2, 0.25) is 0 Å². The lowest BCUT2D eigenvalue weighted by molar-refractivity contribution is 0.540. The highest BCUT2D eigenvalue weighted by molar-refractivity contribution is 8.03. The zero-order chi connectivity index (χ0) is 20.9. The summed E-state index contributed by atoms with van der Waals surface area (Å²) in [5.74, 6) is 11.2. The topological polar surface area (TPSA) is 23.8 Å². The van der Waals surface area contributed by atoms with Crippen LogP contribution in [0, 0.1) is 46.0 Å². The maximum Gasteiger partial charge on any atom is 0.142 e. The molecule has 0 aliphatic heterocycles. The molecule has 1 saturated carbocycles. The second-order valence-corrected chi connectivity index (χ2v) is 7.70. The predicted octanol–water partition coefficient (Wildman–Crippen LogP) is 6.21. The van der Waals surface area contributed by atoms with Gasteiger partial charge in [0, 0.05) is 22.3 Å². The summed E-state index contributed by atoms with van der Waals surface area (Å²) in [5.41, 5.74) is 4.13. The molecular formula is C26H15F2NS. The third kappa shape index (κ3) is 4.72. The van der Waals surface area contributed by atoms with Gasteiger partial charge in [-0.05, 0) is 78.5 Å². The van der Waals surface area contributed by atoms with Gasteiger partial charge in [0.2, 0.25) is 0 Å². The molecular weight excluding hydrogens is 396 g/mol. The summed E-state index contributed by atoms with van der Waals surface area (Å²) in [6.07, 6.45) is 2.26. The smallest absolute Gasteiger partial charge is 0.142 e. The Balaban J connectivity index is 1.62. The molecule has 4 rings (SSSR count). The van der Waals surface area contributed by atoms with Crippen molar-refractivity contribution in [1.82, 2.24) is 0 Å². The molecule has 1 aliphatic rings. The fraction of sp³-hybridized carbons (Fsp3) is 0.115. The Morgan fingerprint density at radius 1 is 0.767 bits per heavy atom. The molecule has 1 fully saturated rings. The quantitative estimate of drug-likeness (QED) is 0.284. The molecule has 0 radical (unpaired) electrons. The predicted molar refractivity (Wildman–Crippen MR) is 115 cm³/mol. The molecule has 144 valence electrons. The van der Waals surface area contributed by atoms with Gasteiger partial charge in [-0.1, -0.05) is 41.9 Å². The van der Waals surface area contributed by atoms with Crippen molar-refractivity contribution in [2.75, 3.05) is 0 Å². The molecule has 30 heavy (non-hydrogen) atoms. The van der Waals surface area contributed by atoms with E-state index in [1.807, 2.05) is 48.5 Å². The van der Waals surface area contributed by atoms with Crippen LogP contribution in [0.25, 0.3) is 0 Å². The third-order valence-corrected chi connectivity index (χ3v) is 5.37. The monoisotopic (exact) mass is 411 g/mol. The molecule has 0 N–H and O–H groups in total. The molecule has 0 atom stereocenters. The van der Waals surface area contributed by atoms with E-state index < -0.39 is 11.6 Å². The summed E-state index contributed by atoms with van der Waals surface area (Å²) in [7, 11) is 0. The van der Waals surface area contributed by atoms with Gasteiger partial charge in [0.25, 0.3) is 0 Å². The number of nitrogens with zero attached hydrogens (tertiary/aromatic N) is 1. The summed E-state index contributed by atoms with van der Waals surface area (Å²) in [4.78, 5) is -0.305. The van der Waals surface area contributed by atoms with Crippen LogP contribution in [0.3, 0.4) is 0 Å². The second-order valence-electron chi connectivity index (χ2n) is 6.90. The van der Waals surface area contributed by atoms with Crippen LogP contribution in [-0.4, -0.2) is 0 Å². The van der Waals surface area contributed by atoms with Gasteiger partial charge in [-0.3, -0.25) is 0 Å². The molecule has 0 saturated heterocycles. The lowest BCUT2D eigenvalue weighted by atomic mass is 10.00. The van der Waals surface area contributed by atoms with Gasteiger partial charge in [0.15, 0.2) is 0 Å². The highest BCUT2D eigenvalue weighted by Crippen LogP contribution is 2.41. The number of halogens is 2. The minimum atomic E-state index is -0.781. The first-order valence-corrected chi connectivity index (χ1v) is 10.2. The highest BCUT2D eigenvalue weighted by atomic mass is 32.2. The van der Waals surface area contributed by atoms with Gasteiger partial charge in [-0.2, -0.15) is 5.26 Å². The molecule has 0 heterocycles. The van der Waals surface area contributed by atoms with Gasteiger partial charge in [0.1, 0.15) is 17.0 Å². The van der Waals surface area contributed by atoms with Crippen molar-refractivity contribution in [3.8, 4) is 29.1 Å². The van der Waals surface area contributed by atoms with Crippen molar-refractivity contribution in [2.45, 2.75) is 23.7 Å². The first-order chi connectivity index (χ1) is 14.6. The van der Waals surface area contributed by atoms with E-state index in [1.54, 1.807) is 5.40 Å². The highest BCUT2D eigenvalue weighted by Gasteiger charge is 2.25. The Bertz CT molecular complexity index is 1240. The first kappa shape index (κ1) is 19.8. The zero-order valence-electron chi connectivity index (χ0n) is 15.9. The SMILES string of the molecule is N#CSc1c(F)cc(C#Cc2ccc(C#Cc3ccccc3)c(C3CC3)c2)cc1F. The van der Waals surface area contributed by atoms with E-state index in [0.29, 0.717) is 17.7 Å². The number of thiocyanates is 1. The molecule has 0 spiro atoms. The number of hydrogen-bond acceptors (Lipinski definition) is 2. The van der Waals surface area contributed by atoms with E-state index in [4.69, 9.17) is 5.26 Å². The molecule has 0 bridgehead atoms. The van der Waals surface area contributed by atoms with Crippen LogP contribution in [-0.2, 0) is 0 Å². The Morgan fingerprint density at radius 3 is 2.10 bits per heavy atom. The lowest BCUT2D eigenvalue weighted by Gasteiger charge is -2.04. The molecule has 0 unspecified atom stereocenters. The number of nitriles is 1. The standard InChI is InChI=1S/C26H15F2NS/c27-24-15-20(16-25(28)26(24)30-17-29)7-6-19-9-11-21(23(14-19)22-12-13-22)10-8-18-4-2-1-3-5-18/h1-5,9,11,14-16,22H,12-13H2.